The molecule has 11 nitrogen and oxygen atoms in total. The normalized spacial score (nSPS) is 14.4. The Kier molecular flexibility index (Phi) is 6.61. The fourth-order valence-electron chi connectivity index (χ4n) is 4.87. The molecule has 1 amide bonds. The number of nitrogens with one attached hydrogen (secondary N) is 3. The lowest BCUT2D eigenvalue weighted by atomic mass is 10.1. The third kappa shape index (κ3) is 4.78. The second-order valence-corrected chi connectivity index (χ2v) is 9.80. The number of halogens is 1. The van der Waals surface area contributed by atoms with Gasteiger partial charge in [-0.2, -0.15) is 5.10 Å². The van der Waals surface area contributed by atoms with Crippen LogP contribution in [0.25, 0.3) is 44.8 Å². The highest BCUT2D eigenvalue weighted by Crippen LogP contribution is 2.34. The predicted molar refractivity (Wildman–Crippen MR) is 148 cm³/mol. The van der Waals surface area contributed by atoms with Crippen molar-refractivity contribution in [1.82, 2.24) is 40.0 Å². The van der Waals surface area contributed by atoms with Crippen molar-refractivity contribution in [3.63, 3.8) is 0 Å². The van der Waals surface area contributed by atoms with E-state index in [2.05, 4.69) is 57.3 Å². The van der Waals surface area contributed by atoms with Crippen molar-refractivity contribution in [1.29, 1.82) is 0 Å². The van der Waals surface area contributed by atoms with E-state index in [1.165, 1.54) is 6.20 Å². The molecule has 0 aromatic carbocycles. The third-order valence-corrected chi connectivity index (χ3v) is 7.06. The van der Waals surface area contributed by atoms with E-state index in [1.807, 2.05) is 13.0 Å². The van der Waals surface area contributed by atoms with Crippen LogP contribution in [0.5, 0.6) is 0 Å². The fraction of sp³-hybridized carbons (Fsp3) is 0.333. The van der Waals surface area contributed by atoms with Crippen molar-refractivity contribution >= 4 is 39.5 Å². The molecule has 0 unspecified atom stereocenters. The molecule has 0 atom stereocenters. The van der Waals surface area contributed by atoms with Gasteiger partial charge in [-0.15, -0.1) is 0 Å². The number of amides is 1. The monoisotopic (exact) mass is 528 g/mol. The number of piperazine rings is 1. The SMILES string of the molecule is CCCCC(=O)Nc1cncc(-c2cnc3n[nH]c(-c4nc5nccc(N6CCN(C)CC6)c5[nH]4)c3c2F)c1. The molecule has 5 aromatic rings. The smallest absolute Gasteiger partial charge is 0.224 e. The van der Waals surface area contributed by atoms with Gasteiger partial charge in [0.05, 0.1) is 23.0 Å². The van der Waals surface area contributed by atoms with Crippen molar-refractivity contribution in [3.05, 3.63) is 42.7 Å². The second kappa shape index (κ2) is 10.4. The second-order valence-electron chi connectivity index (χ2n) is 9.80. The van der Waals surface area contributed by atoms with E-state index in [1.54, 1.807) is 24.7 Å². The van der Waals surface area contributed by atoms with Crippen molar-refractivity contribution in [2.24, 2.45) is 0 Å². The highest BCUT2D eigenvalue weighted by molar-refractivity contribution is 5.96. The lowest BCUT2D eigenvalue weighted by Gasteiger charge is -2.34. The molecule has 6 heterocycles. The summed E-state index contributed by atoms with van der Waals surface area (Å²) in [6.07, 6.45) is 8.39. The van der Waals surface area contributed by atoms with Gasteiger partial charge in [0.15, 0.2) is 17.1 Å². The van der Waals surface area contributed by atoms with Crippen LogP contribution in [0.1, 0.15) is 26.2 Å². The Balaban J connectivity index is 1.37. The van der Waals surface area contributed by atoms with Crippen molar-refractivity contribution in [2.75, 3.05) is 43.4 Å². The molecule has 3 N–H and O–H groups in total. The number of H-pyrrole nitrogens is 2. The van der Waals surface area contributed by atoms with E-state index in [-0.39, 0.29) is 22.5 Å². The number of carbonyl (C=O) groups is 1. The predicted octanol–water partition coefficient (Wildman–Crippen LogP) is 3.98. The van der Waals surface area contributed by atoms with Crippen LogP contribution >= 0.6 is 0 Å². The highest BCUT2D eigenvalue weighted by Gasteiger charge is 2.23. The first-order valence-electron chi connectivity index (χ1n) is 13.1. The fourth-order valence-corrected chi connectivity index (χ4v) is 4.87. The van der Waals surface area contributed by atoms with Crippen LogP contribution in [-0.4, -0.2) is 79.2 Å². The summed E-state index contributed by atoms with van der Waals surface area (Å²) in [5.74, 6) is -0.182. The zero-order chi connectivity index (χ0) is 26.9. The summed E-state index contributed by atoms with van der Waals surface area (Å²) < 4.78 is 16.1. The average Bonchev–Trinajstić information content (AvgIpc) is 3.57. The van der Waals surface area contributed by atoms with Gasteiger partial charge in [0, 0.05) is 62.3 Å². The molecule has 0 spiro atoms. The van der Waals surface area contributed by atoms with Crippen LogP contribution in [-0.2, 0) is 4.79 Å². The van der Waals surface area contributed by atoms with Gasteiger partial charge in [0.1, 0.15) is 17.0 Å². The number of hydrogen-bond acceptors (Lipinski definition) is 8. The van der Waals surface area contributed by atoms with Crippen LogP contribution < -0.4 is 10.2 Å². The third-order valence-electron chi connectivity index (χ3n) is 7.06. The minimum absolute atomic E-state index is 0.101. The molecule has 12 heteroatoms. The first-order chi connectivity index (χ1) is 19.0. The molecule has 0 bridgehead atoms. The van der Waals surface area contributed by atoms with E-state index in [4.69, 9.17) is 0 Å². The molecule has 1 aliphatic rings. The molecule has 1 saturated heterocycles. The highest BCUT2D eigenvalue weighted by atomic mass is 19.1. The number of hydrogen-bond donors (Lipinski definition) is 3. The maximum atomic E-state index is 16.1. The molecule has 0 radical (unpaired) electrons. The standard InChI is InChI=1S/C27H29FN10O/c1-3-4-5-20(39)32-17-12-16(13-29-14-17)18-15-31-25-21(22(18)28)24(35-36-25)27-33-23-19(6-7-30-26(23)34-27)38-10-8-37(2)9-11-38/h6-7,12-15H,3-5,8-11H2,1-2H3,(H,32,39)(H,30,33,34)(H,31,35,36). The molecular formula is C27H29FN10O. The Morgan fingerprint density at radius 2 is 1.97 bits per heavy atom. The number of carbonyl (C=O) groups excluding carboxylic acids is 1. The number of rotatable bonds is 7. The molecular weight excluding hydrogens is 499 g/mol. The number of imidazole rings is 1. The van der Waals surface area contributed by atoms with Crippen LogP contribution in [0.2, 0.25) is 0 Å². The van der Waals surface area contributed by atoms with Crippen LogP contribution in [0, 0.1) is 5.82 Å². The molecule has 1 fully saturated rings. The minimum atomic E-state index is -0.507. The van der Waals surface area contributed by atoms with Gasteiger partial charge in [0.2, 0.25) is 5.91 Å². The number of aromatic amines is 2. The van der Waals surface area contributed by atoms with Crippen molar-refractivity contribution < 1.29 is 9.18 Å². The van der Waals surface area contributed by atoms with Crippen molar-refractivity contribution in [2.45, 2.75) is 26.2 Å². The summed E-state index contributed by atoms with van der Waals surface area (Å²) in [6, 6.07) is 3.66. The number of likely N-dealkylation sites (N-methyl/N-ethyl adjacent to an activating group) is 1. The number of aromatic nitrogens is 7. The Morgan fingerprint density at radius 3 is 2.79 bits per heavy atom. The minimum Gasteiger partial charge on any atom is -0.367 e. The quantitative estimate of drug-likeness (QED) is 0.289. The first-order valence-corrected chi connectivity index (χ1v) is 13.1. The van der Waals surface area contributed by atoms with E-state index in [0.717, 1.165) is 50.2 Å². The first kappa shape index (κ1) is 24.9. The van der Waals surface area contributed by atoms with E-state index in [0.29, 0.717) is 34.8 Å². The number of nitrogens with zero attached hydrogens (tertiary/aromatic N) is 7. The summed E-state index contributed by atoms with van der Waals surface area (Å²) in [6.45, 7) is 5.75. The van der Waals surface area contributed by atoms with Crippen LogP contribution in [0.3, 0.4) is 0 Å². The van der Waals surface area contributed by atoms with E-state index < -0.39 is 5.82 Å². The van der Waals surface area contributed by atoms with Crippen molar-refractivity contribution in [3.8, 4) is 22.6 Å². The molecule has 5 aromatic heterocycles. The van der Waals surface area contributed by atoms with Gasteiger partial charge in [-0.05, 0) is 25.6 Å². The lowest BCUT2D eigenvalue weighted by Crippen LogP contribution is -2.44. The van der Waals surface area contributed by atoms with E-state index in [9.17, 15) is 4.79 Å². The Bertz CT molecular complexity index is 1650. The van der Waals surface area contributed by atoms with Crippen LogP contribution in [0.15, 0.2) is 36.9 Å². The maximum absolute atomic E-state index is 16.1. The molecule has 0 saturated carbocycles. The van der Waals surface area contributed by atoms with Gasteiger partial charge in [-0.25, -0.2) is 19.3 Å². The molecule has 0 aliphatic carbocycles. The Morgan fingerprint density at radius 1 is 1.13 bits per heavy atom. The van der Waals surface area contributed by atoms with E-state index >= 15 is 4.39 Å². The molecule has 200 valence electrons. The van der Waals surface area contributed by atoms with Gasteiger partial charge in [0.25, 0.3) is 0 Å². The maximum Gasteiger partial charge on any atom is 0.224 e. The van der Waals surface area contributed by atoms with Gasteiger partial charge >= 0.3 is 0 Å². The molecule has 1 aliphatic heterocycles. The summed E-state index contributed by atoms with van der Waals surface area (Å²) in [5.41, 5.74) is 4.20. The Hall–Kier alpha value is -4.45. The molecule has 39 heavy (non-hydrogen) atoms. The number of anilines is 2. The summed E-state index contributed by atoms with van der Waals surface area (Å²) in [4.78, 5) is 37.8. The Labute approximate surface area is 223 Å². The van der Waals surface area contributed by atoms with Gasteiger partial charge in [-0.1, -0.05) is 13.3 Å². The van der Waals surface area contributed by atoms with Gasteiger partial charge < -0.3 is 20.1 Å². The number of pyridine rings is 3. The molecule has 6 rings (SSSR count). The number of unbranched alkanes of at least 4 members (excludes halogenated alkanes) is 1. The summed E-state index contributed by atoms with van der Waals surface area (Å²) in [5, 5.41) is 10.2. The lowest BCUT2D eigenvalue weighted by molar-refractivity contribution is -0.116. The number of fused-ring (bicyclic) bond motifs is 2. The summed E-state index contributed by atoms with van der Waals surface area (Å²) in [7, 11) is 2.11. The zero-order valence-corrected chi connectivity index (χ0v) is 21.8. The largest absolute Gasteiger partial charge is 0.367 e. The van der Waals surface area contributed by atoms with Gasteiger partial charge in [-0.3, -0.25) is 14.9 Å². The van der Waals surface area contributed by atoms with Crippen LogP contribution in [0.4, 0.5) is 15.8 Å². The summed E-state index contributed by atoms with van der Waals surface area (Å²) >= 11 is 0. The average molecular weight is 529 g/mol. The zero-order valence-electron chi connectivity index (χ0n) is 21.8. The topological polar surface area (TPSA) is 132 Å².